The number of hydrogen-bond donors (Lipinski definition) is 1. The lowest BCUT2D eigenvalue weighted by molar-refractivity contribution is 0.204. The van der Waals surface area contributed by atoms with Gasteiger partial charge in [0, 0.05) is 6.04 Å². The highest BCUT2D eigenvalue weighted by Crippen LogP contribution is 2.37. The molecule has 1 aliphatic rings. The largest absolute Gasteiger partial charge is 0.301 e. The molecule has 2 rings (SSSR count). The van der Waals surface area contributed by atoms with E-state index < -0.39 is 0 Å². The van der Waals surface area contributed by atoms with Crippen LogP contribution in [-0.2, 0) is 0 Å². The van der Waals surface area contributed by atoms with E-state index in [1.807, 2.05) is 6.92 Å². The number of aromatic amines is 1. The molecule has 0 amide bonds. The van der Waals surface area contributed by atoms with Crippen LogP contribution in [0.1, 0.15) is 45.0 Å². The SMILES string of the molecule is Cc1n[nH]c(=S)n1C1CCC(C)CC1C. The van der Waals surface area contributed by atoms with Crippen LogP contribution in [-0.4, -0.2) is 14.8 Å². The van der Waals surface area contributed by atoms with E-state index in [-0.39, 0.29) is 0 Å². The third kappa shape index (κ3) is 2.00. The Kier molecular flexibility index (Phi) is 2.96. The Hall–Kier alpha value is -0.640. The third-order valence-electron chi connectivity index (χ3n) is 3.60. The van der Waals surface area contributed by atoms with E-state index in [1.54, 1.807) is 0 Å². The number of H-pyrrole nitrogens is 1. The molecule has 3 atom stereocenters. The summed E-state index contributed by atoms with van der Waals surface area (Å²) in [6.07, 6.45) is 3.84. The lowest BCUT2D eigenvalue weighted by atomic mass is 9.80. The predicted octanol–water partition coefficient (Wildman–Crippen LogP) is 3.25. The summed E-state index contributed by atoms with van der Waals surface area (Å²) >= 11 is 5.28. The summed E-state index contributed by atoms with van der Waals surface area (Å²) in [5.41, 5.74) is 0. The minimum absolute atomic E-state index is 0.549. The zero-order valence-electron chi connectivity index (χ0n) is 9.66. The van der Waals surface area contributed by atoms with Crippen molar-refractivity contribution in [2.75, 3.05) is 0 Å². The van der Waals surface area contributed by atoms with E-state index in [4.69, 9.17) is 12.2 Å². The standard InChI is InChI=1S/C11H19N3S/c1-7-4-5-10(8(2)6-7)14-9(3)12-13-11(14)15/h7-8,10H,4-6H2,1-3H3,(H,13,15). The maximum Gasteiger partial charge on any atom is 0.195 e. The van der Waals surface area contributed by atoms with Gasteiger partial charge in [0.15, 0.2) is 4.77 Å². The highest BCUT2D eigenvalue weighted by molar-refractivity contribution is 7.71. The molecule has 1 aromatic heterocycles. The number of hydrogen-bond acceptors (Lipinski definition) is 2. The van der Waals surface area contributed by atoms with Gasteiger partial charge in [0.05, 0.1) is 0 Å². The molecule has 1 aromatic rings. The van der Waals surface area contributed by atoms with E-state index in [2.05, 4.69) is 28.6 Å². The fraction of sp³-hybridized carbons (Fsp3) is 0.818. The van der Waals surface area contributed by atoms with Crippen LogP contribution in [0.5, 0.6) is 0 Å². The summed E-state index contributed by atoms with van der Waals surface area (Å²) in [5.74, 6) is 2.58. The second kappa shape index (κ2) is 4.08. The van der Waals surface area contributed by atoms with Gasteiger partial charge >= 0.3 is 0 Å². The molecule has 15 heavy (non-hydrogen) atoms. The average molecular weight is 225 g/mol. The predicted molar refractivity (Wildman–Crippen MR) is 63.4 cm³/mol. The summed E-state index contributed by atoms with van der Waals surface area (Å²) in [5, 5.41) is 7.07. The van der Waals surface area contributed by atoms with Gasteiger partial charge in [-0.3, -0.25) is 5.10 Å². The van der Waals surface area contributed by atoms with Crippen molar-refractivity contribution in [3.05, 3.63) is 10.6 Å². The van der Waals surface area contributed by atoms with Crippen molar-refractivity contribution in [2.24, 2.45) is 11.8 Å². The monoisotopic (exact) mass is 225 g/mol. The average Bonchev–Trinajstić information content (AvgIpc) is 2.48. The molecule has 0 radical (unpaired) electrons. The van der Waals surface area contributed by atoms with Crippen LogP contribution < -0.4 is 0 Å². The first-order valence-corrected chi connectivity index (χ1v) is 6.14. The van der Waals surface area contributed by atoms with Crippen LogP contribution in [0.25, 0.3) is 0 Å². The minimum atomic E-state index is 0.549. The number of aryl methyl sites for hydroxylation is 1. The summed E-state index contributed by atoms with van der Waals surface area (Å²) in [6, 6.07) is 0.549. The lowest BCUT2D eigenvalue weighted by Crippen LogP contribution is -2.25. The minimum Gasteiger partial charge on any atom is -0.301 e. The van der Waals surface area contributed by atoms with Crippen LogP contribution in [0.15, 0.2) is 0 Å². The van der Waals surface area contributed by atoms with Crippen molar-refractivity contribution in [1.82, 2.24) is 14.8 Å². The number of nitrogens with zero attached hydrogens (tertiary/aromatic N) is 2. The van der Waals surface area contributed by atoms with Gasteiger partial charge in [-0.25, -0.2) is 0 Å². The number of aromatic nitrogens is 3. The van der Waals surface area contributed by atoms with Gasteiger partial charge in [0.25, 0.3) is 0 Å². The van der Waals surface area contributed by atoms with Gasteiger partial charge in [-0.05, 0) is 50.2 Å². The van der Waals surface area contributed by atoms with Crippen molar-refractivity contribution >= 4 is 12.2 Å². The molecule has 0 saturated heterocycles. The quantitative estimate of drug-likeness (QED) is 0.744. The molecule has 1 N–H and O–H groups in total. The lowest BCUT2D eigenvalue weighted by Gasteiger charge is -2.33. The highest BCUT2D eigenvalue weighted by atomic mass is 32.1. The molecule has 1 fully saturated rings. The molecule has 0 bridgehead atoms. The molecule has 0 aromatic carbocycles. The van der Waals surface area contributed by atoms with Crippen molar-refractivity contribution in [2.45, 2.75) is 46.1 Å². The number of rotatable bonds is 1. The molecule has 1 heterocycles. The Morgan fingerprint density at radius 1 is 1.40 bits per heavy atom. The molecule has 84 valence electrons. The second-order valence-electron chi connectivity index (χ2n) is 4.91. The second-order valence-corrected chi connectivity index (χ2v) is 5.30. The molecule has 3 unspecified atom stereocenters. The van der Waals surface area contributed by atoms with Crippen LogP contribution in [0, 0.1) is 23.5 Å². The summed E-state index contributed by atoms with van der Waals surface area (Å²) in [4.78, 5) is 0. The maximum absolute atomic E-state index is 5.28. The van der Waals surface area contributed by atoms with Gasteiger partial charge in [0.2, 0.25) is 0 Å². The summed E-state index contributed by atoms with van der Waals surface area (Å²) < 4.78 is 2.98. The summed E-state index contributed by atoms with van der Waals surface area (Å²) in [7, 11) is 0. The molecule has 3 nitrogen and oxygen atoms in total. The topological polar surface area (TPSA) is 33.6 Å². The van der Waals surface area contributed by atoms with E-state index >= 15 is 0 Å². The van der Waals surface area contributed by atoms with E-state index in [0.29, 0.717) is 12.0 Å². The van der Waals surface area contributed by atoms with Gasteiger partial charge < -0.3 is 4.57 Å². The molecular formula is C11H19N3S. The maximum atomic E-state index is 5.28. The third-order valence-corrected chi connectivity index (χ3v) is 3.89. The fourth-order valence-corrected chi connectivity index (χ4v) is 3.12. The van der Waals surface area contributed by atoms with Crippen molar-refractivity contribution in [3.8, 4) is 0 Å². The first-order valence-electron chi connectivity index (χ1n) is 5.73. The van der Waals surface area contributed by atoms with Gasteiger partial charge in [-0.15, -0.1) is 0 Å². The molecule has 0 spiro atoms. The molecule has 1 aliphatic carbocycles. The van der Waals surface area contributed by atoms with Gasteiger partial charge in [0.1, 0.15) is 5.82 Å². The van der Waals surface area contributed by atoms with Crippen molar-refractivity contribution in [1.29, 1.82) is 0 Å². The Morgan fingerprint density at radius 3 is 2.67 bits per heavy atom. The van der Waals surface area contributed by atoms with Crippen molar-refractivity contribution < 1.29 is 0 Å². The van der Waals surface area contributed by atoms with Gasteiger partial charge in [-0.2, -0.15) is 5.10 Å². The molecule has 0 aliphatic heterocycles. The first-order chi connectivity index (χ1) is 7.09. The van der Waals surface area contributed by atoms with Crippen LogP contribution in [0.3, 0.4) is 0 Å². The summed E-state index contributed by atoms with van der Waals surface area (Å²) in [6.45, 7) is 6.69. The molecule has 4 heteroatoms. The normalized spacial score (nSPS) is 31.8. The van der Waals surface area contributed by atoms with Crippen molar-refractivity contribution in [3.63, 3.8) is 0 Å². The van der Waals surface area contributed by atoms with Crippen LogP contribution in [0.2, 0.25) is 0 Å². The highest BCUT2D eigenvalue weighted by Gasteiger charge is 2.27. The Labute approximate surface area is 95.9 Å². The fourth-order valence-electron chi connectivity index (χ4n) is 2.81. The zero-order chi connectivity index (χ0) is 11.0. The molecular weight excluding hydrogens is 206 g/mol. The van der Waals surface area contributed by atoms with E-state index in [9.17, 15) is 0 Å². The molecule has 1 saturated carbocycles. The van der Waals surface area contributed by atoms with E-state index in [0.717, 1.165) is 16.5 Å². The Bertz CT molecular complexity index is 393. The van der Waals surface area contributed by atoms with Gasteiger partial charge in [-0.1, -0.05) is 13.8 Å². The number of nitrogens with one attached hydrogen (secondary N) is 1. The van der Waals surface area contributed by atoms with Crippen LogP contribution in [0.4, 0.5) is 0 Å². The zero-order valence-corrected chi connectivity index (χ0v) is 10.5. The first kappa shape index (κ1) is 10.9. The van der Waals surface area contributed by atoms with Crippen LogP contribution >= 0.6 is 12.2 Å². The van der Waals surface area contributed by atoms with E-state index in [1.165, 1.54) is 19.3 Å². The Morgan fingerprint density at radius 2 is 2.13 bits per heavy atom. The Balaban J connectivity index is 2.28. The smallest absolute Gasteiger partial charge is 0.195 e.